The van der Waals surface area contributed by atoms with Gasteiger partial charge in [-0.15, -0.1) is 0 Å². The molecule has 0 saturated heterocycles. The quantitative estimate of drug-likeness (QED) is 0.779. The van der Waals surface area contributed by atoms with Crippen molar-refractivity contribution in [1.29, 1.82) is 0 Å². The number of aliphatic hydroxyl groups excluding tert-OH is 1. The molecule has 0 spiro atoms. The molecular formula is C15H15N3O. The maximum absolute atomic E-state index is 9.20. The van der Waals surface area contributed by atoms with Crippen LogP contribution >= 0.6 is 0 Å². The fraction of sp³-hybridized carbons (Fsp3) is 0.200. The lowest BCUT2D eigenvalue weighted by Gasteiger charge is -2.08. The van der Waals surface area contributed by atoms with Crippen molar-refractivity contribution in [2.45, 2.75) is 13.3 Å². The summed E-state index contributed by atoms with van der Waals surface area (Å²) in [5.41, 5.74) is 3.90. The summed E-state index contributed by atoms with van der Waals surface area (Å²) < 4.78 is 2.01. The Morgan fingerprint density at radius 2 is 2.11 bits per heavy atom. The van der Waals surface area contributed by atoms with Crippen LogP contribution in [-0.2, 0) is 6.42 Å². The van der Waals surface area contributed by atoms with Gasteiger partial charge in [0.2, 0.25) is 0 Å². The first-order chi connectivity index (χ1) is 9.29. The zero-order chi connectivity index (χ0) is 13.2. The van der Waals surface area contributed by atoms with Crippen LogP contribution in [0, 0.1) is 6.92 Å². The highest BCUT2D eigenvalue weighted by Crippen LogP contribution is 2.20. The van der Waals surface area contributed by atoms with E-state index in [-0.39, 0.29) is 6.61 Å². The van der Waals surface area contributed by atoms with Gasteiger partial charge in [-0.3, -0.25) is 4.57 Å². The number of aromatic nitrogens is 3. The van der Waals surface area contributed by atoms with Crippen LogP contribution in [0.2, 0.25) is 0 Å². The van der Waals surface area contributed by atoms with Gasteiger partial charge in [-0.1, -0.05) is 12.1 Å². The van der Waals surface area contributed by atoms with Crippen molar-refractivity contribution < 1.29 is 5.11 Å². The Labute approximate surface area is 111 Å². The Balaban J connectivity index is 2.28. The van der Waals surface area contributed by atoms with Crippen molar-refractivity contribution in [2.24, 2.45) is 0 Å². The second-order valence-electron chi connectivity index (χ2n) is 4.52. The van der Waals surface area contributed by atoms with E-state index in [4.69, 9.17) is 0 Å². The van der Waals surface area contributed by atoms with Gasteiger partial charge >= 0.3 is 0 Å². The SMILES string of the molecule is Cc1cccc(-n2c(CCO)nc3cccnc32)c1. The number of hydrogen-bond donors (Lipinski definition) is 1. The van der Waals surface area contributed by atoms with Crippen LogP contribution in [0.3, 0.4) is 0 Å². The van der Waals surface area contributed by atoms with Gasteiger partial charge in [0, 0.05) is 18.3 Å². The highest BCUT2D eigenvalue weighted by Gasteiger charge is 2.12. The lowest BCUT2D eigenvalue weighted by atomic mass is 10.2. The summed E-state index contributed by atoms with van der Waals surface area (Å²) in [7, 11) is 0. The van der Waals surface area contributed by atoms with Crippen molar-refractivity contribution in [2.75, 3.05) is 6.61 Å². The van der Waals surface area contributed by atoms with Crippen molar-refractivity contribution in [1.82, 2.24) is 14.5 Å². The van der Waals surface area contributed by atoms with E-state index in [0.717, 1.165) is 22.7 Å². The minimum absolute atomic E-state index is 0.0785. The lowest BCUT2D eigenvalue weighted by molar-refractivity contribution is 0.296. The maximum Gasteiger partial charge on any atom is 0.164 e. The zero-order valence-corrected chi connectivity index (χ0v) is 10.7. The molecule has 0 radical (unpaired) electrons. The molecule has 0 unspecified atom stereocenters. The van der Waals surface area contributed by atoms with Gasteiger partial charge < -0.3 is 5.11 Å². The number of pyridine rings is 1. The molecule has 96 valence electrons. The van der Waals surface area contributed by atoms with Crippen LogP contribution in [0.15, 0.2) is 42.6 Å². The third kappa shape index (κ3) is 2.11. The first kappa shape index (κ1) is 11.9. The van der Waals surface area contributed by atoms with Gasteiger partial charge in [0.05, 0.1) is 6.61 Å². The minimum atomic E-state index is 0.0785. The van der Waals surface area contributed by atoms with Gasteiger partial charge in [0.25, 0.3) is 0 Å². The number of aryl methyl sites for hydroxylation is 1. The van der Waals surface area contributed by atoms with E-state index in [9.17, 15) is 5.11 Å². The zero-order valence-electron chi connectivity index (χ0n) is 10.7. The number of fused-ring (bicyclic) bond motifs is 1. The highest BCUT2D eigenvalue weighted by atomic mass is 16.3. The van der Waals surface area contributed by atoms with E-state index >= 15 is 0 Å². The van der Waals surface area contributed by atoms with E-state index in [0.29, 0.717) is 6.42 Å². The summed E-state index contributed by atoms with van der Waals surface area (Å²) in [6.07, 6.45) is 2.28. The Kier molecular flexibility index (Phi) is 3.01. The summed E-state index contributed by atoms with van der Waals surface area (Å²) in [5, 5.41) is 9.20. The third-order valence-electron chi connectivity index (χ3n) is 3.08. The van der Waals surface area contributed by atoms with Crippen LogP contribution < -0.4 is 0 Å². The molecule has 0 atom stereocenters. The topological polar surface area (TPSA) is 50.9 Å². The fourth-order valence-electron chi connectivity index (χ4n) is 2.27. The van der Waals surface area contributed by atoms with Gasteiger partial charge in [-0.2, -0.15) is 0 Å². The molecule has 0 saturated carbocycles. The Bertz CT molecular complexity index is 718. The average molecular weight is 253 g/mol. The van der Waals surface area contributed by atoms with E-state index in [1.165, 1.54) is 5.56 Å². The van der Waals surface area contributed by atoms with E-state index < -0.39 is 0 Å². The van der Waals surface area contributed by atoms with Crippen molar-refractivity contribution >= 4 is 11.2 Å². The monoisotopic (exact) mass is 253 g/mol. The molecule has 0 aliphatic rings. The van der Waals surface area contributed by atoms with E-state index in [1.807, 2.05) is 28.8 Å². The average Bonchev–Trinajstić information content (AvgIpc) is 2.77. The number of rotatable bonds is 3. The highest BCUT2D eigenvalue weighted by molar-refractivity contribution is 5.73. The van der Waals surface area contributed by atoms with Crippen molar-refractivity contribution in [3.63, 3.8) is 0 Å². The van der Waals surface area contributed by atoms with Crippen molar-refractivity contribution in [3.8, 4) is 5.69 Å². The number of nitrogens with zero attached hydrogens (tertiary/aromatic N) is 3. The number of benzene rings is 1. The standard InChI is InChI=1S/C15H15N3O/c1-11-4-2-5-12(10-11)18-14(7-9-19)17-13-6-3-8-16-15(13)18/h2-6,8,10,19H,7,9H2,1H3. The fourth-order valence-corrected chi connectivity index (χ4v) is 2.27. The summed E-state index contributed by atoms with van der Waals surface area (Å²) in [6.45, 7) is 2.14. The molecule has 4 nitrogen and oxygen atoms in total. The first-order valence-electron chi connectivity index (χ1n) is 6.30. The molecular weight excluding hydrogens is 238 g/mol. The molecule has 0 amide bonds. The normalized spacial score (nSPS) is 11.1. The predicted octanol–water partition coefficient (Wildman–Crippen LogP) is 2.26. The van der Waals surface area contributed by atoms with Gasteiger partial charge in [0.15, 0.2) is 5.65 Å². The predicted molar refractivity (Wildman–Crippen MR) is 74.4 cm³/mol. The molecule has 19 heavy (non-hydrogen) atoms. The Morgan fingerprint density at radius 1 is 1.21 bits per heavy atom. The van der Waals surface area contributed by atoms with Crippen molar-refractivity contribution in [3.05, 3.63) is 54.0 Å². The molecule has 3 aromatic rings. The summed E-state index contributed by atoms with van der Waals surface area (Å²) in [4.78, 5) is 8.96. The molecule has 1 N–H and O–H groups in total. The van der Waals surface area contributed by atoms with Crippen LogP contribution in [-0.4, -0.2) is 26.2 Å². The van der Waals surface area contributed by atoms with Crippen LogP contribution in [0.25, 0.3) is 16.9 Å². The van der Waals surface area contributed by atoms with Gasteiger partial charge in [-0.05, 0) is 36.8 Å². The molecule has 0 fully saturated rings. The molecule has 2 heterocycles. The largest absolute Gasteiger partial charge is 0.396 e. The number of aliphatic hydroxyl groups is 1. The third-order valence-corrected chi connectivity index (χ3v) is 3.08. The van der Waals surface area contributed by atoms with Crippen LogP contribution in [0.1, 0.15) is 11.4 Å². The first-order valence-corrected chi connectivity index (χ1v) is 6.30. The molecule has 0 bridgehead atoms. The minimum Gasteiger partial charge on any atom is -0.396 e. The lowest BCUT2D eigenvalue weighted by Crippen LogP contribution is -2.04. The molecule has 0 aliphatic heterocycles. The Hall–Kier alpha value is -2.20. The van der Waals surface area contributed by atoms with E-state index in [1.54, 1.807) is 6.20 Å². The van der Waals surface area contributed by atoms with Crippen LogP contribution in [0.5, 0.6) is 0 Å². The molecule has 0 aliphatic carbocycles. The number of hydrogen-bond acceptors (Lipinski definition) is 3. The Morgan fingerprint density at radius 3 is 2.89 bits per heavy atom. The summed E-state index contributed by atoms with van der Waals surface area (Å²) in [6, 6.07) is 12.0. The second-order valence-corrected chi connectivity index (χ2v) is 4.52. The number of imidazole rings is 1. The summed E-state index contributed by atoms with van der Waals surface area (Å²) >= 11 is 0. The van der Waals surface area contributed by atoms with Gasteiger partial charge in [0.1, 0.15) is 11.3 Å². The summed E-state index contributed by atoms with van der Waals surface area (Å²) in [5.74, 6) is 0.835. The second kappa shape index (κ2) is 4.82. The molecule has 2 aromatic heterocycles. The molecule has 1 aromatic carbocycles. The van der Waals surface area contributed by atoms with E-state index in [2.05, 4.69) is 29.0 Å². The smallest absolute Gasteiger partial charge is 0.164 e. The van der Waals surface area contributed by atoms with Gasteiger partial charge in [-0.25, -0.2) is 9.97 Å². The van der Waals surface area contributed by atoms with Crippen LogP contribution in [0.4, 0.5) is 0 Å². The molecule has 3 rings (SSSR count). The maximum atomic E-state index is 9.20. The molecule has 4 heteroatoms.